The van der Waals surface area contributed by atoms with E-state index in [1.807, 2.05) is 12.2 Å². The van der Waals surface area contributed by atoms with Crippen molar-refractivity contribution in [2.75, 3.05) is 6.61 Å². The quantitative estimate of drug-likeness (QED) is 0.529. The molecule has 1 nitrogen and oxygen atoms in total. The Kier molecular flexibility index (Phi) is 2.12. The van der Waals surface area contributed by atoms with E-state index in [2.05, 4.69) is 24.3 Å². The third-order valence-electron chi connectivity index (χ3n) is 2.05. The molecule has 1 heterocycles. The Hall–Kier alpha value is -1.24. The molecule has 0 fully saturated rings. The van der Waals surface area contributed by atoms with Gasteiger partial charge in [-0.25, -0.2) is 0 Å². The minimum atomic E-state index is 0.688. The van der Waals surface area contributed by atoms with Crippen LogP contribution in [0.2, 0.25) is 0 Å². The molecule has 0 saturated heterocycles. The maximum atomic E-state index is 5.54. The zero-order valence-corrected chi connectivity index (χ0v) is 6.99. The molecule has 0 aromatic heterocycles. The van der Waals surface area contributed by atoms with E-state index in [4.69, 9.17) is 4.74 Å². The Bertz CT molecular complexity index is 279. The zero-order valence-electron chi connectivity index (χ0n) is 6.99. The summed E-state index contributed by atoms with van der Waals surface area (Å²) in [5.41, 5.74) is 1.32. The van der Waals surface area contributed by atoms with Crippen LogP contribution in [0, 0.1) is 0 Å². The van der Waals surface area contributed by atoms with Crippen LogP contribution in [0.15, 0.2) is 47.8 Å². The lowest BCUT2D eigenvalue weighted by atomic mass is 10.0. The van der Waals surface area contributed by atoms with Crippen molar-refractivity contribution >= 4 is 0 Å². The highest BCUT2D eigenvalue weighted by atomic mass is 16.5. The third kappa shape index (κ3) is 1.50. The number of rotatable bonds is 0. The first-order valence-corrected chi connectivity index (χ1v) is 4.32. The van der Waals surface area contributed by atoms with Gasteiger partial charge in [-0.3, -0.25) is 0 Å². The van der Waals surface area contributed by atoms with Crippen LogP contribution in [0.3, 0.4) is 0 Å². The number of ether oxygens (including phenoxy) is 1. The van der Waals surface area contributed by atoms with Gasteiger partial charge in [-0.15, -0.1) is 0 Å². The van der Waals surface area contributed by atoms with Crippen LogP contribution in [0.1, 0.15) is 12.8 Å². The molecule has 0 radical (unpaired) electrons. The molecule has 0 bridgehead atoms. The summed E-state index contributed by atoms with van der Waals surface area (Å²) in [5, 5.41) is 0. The molecule has 62 valence electrons. The molecule has 0 atom stereocenters. The number of allylic oxidation sites excluding steroid dienone is 6. The van der Waals surface area contributed by atoms with E-state index in [0.717, 1.165) is 18.6 Å². The first-order chi connectivity index (χ1) is 5.97. The summed E-state index contributed by atoms with van der Waals surface area (Å²) in [4.78, 5) is 0. The van der Waals surface area contributed by atoms with Gasteiger partial charge in [0.05, 0.1) is 0 Å². The molecule has 2 rings (SSSR count). The number of hydrogen-bond donors (Lipinski definition) is 0. The Labute approximate surface area is 72.7 Å². The summed E-state index contributed by atoms with van der Waals surface area (Å²) in [6, 6.07) is 0. The van der Waals surface area contributed by atoms with Crippen molar-refractivity contribution in [3.63, 3.8) is 0 Å². The maximum Gasteiger partial charge on any atom is 0.122 e. The summed E-state index contributed by atoms with van der Waals surface area (Å²) in [5.74, 6) is 1.04. The fourth-order valence-electron chi connectivity index (χ4n) is 1.41. The van der Waals surface area contributed by atoms with Crippen LogP contribution < -0.4 is 0 Å². The molecule has 0 amide bonds. The van der Waals surface area contributed by atoms with Crippen LogP contribution in [0.25, 0.3) is 0 Å². The second kappa shape index (κ2) is 3.44. The van der Waals surface area contributed by atoms with E-state index in [9.17, 15) is 0 Å². The van der Waals surface area contributed by atoms with Gasteiger partial charge in [-0.1, -0.05) is 24.3 Å². The molecule has 1 aliphatic heterocycles. The molecule has 1 aliphatic carbocycles. The molecule has 0 unspecified atom stereocenters. The van der Waals surface area contributed by atoms with Gasteiger partial charge >= 0.3 is 0 Å². The molecule has 12 heavy (non-hydrogen) atoms. The SMILES string of the molecule is C1=CC2=C(/C=C\C=C/CO2)CC1. The predicted octanol–water partition coefficient (Wildman–Crippen LogP) is 2.73. The highest BCUT2D eigenvalue weighted by Crippen LogP contribution is 2.21. The highest BCUT2D eigenvalue weighted by Gasteiger charge is 2.06. The number of hydrogen-bond acceptors (Lipinski definition) is 1. The molecule has 0 N–H and O–H groups in total. The normalized spacial score (nSPS) is 26.7. The summed E-state index contributed by atoms with van der Waals surface area (Å²) in [7, 11) is 0. The van der Waals surface area contributed by atoms with E-state index < -0.39 is 0 Å². The molecule has 0 aromatic carbocycles. The van der Waals surface area contributed by atoms with Crippen molar-refractivity contribution < 1.29 is 4.74 Å². The van der Waals surface area contributed by atoms with E-state index in [-0.39, 0.29) is 0 Å². The van der Waals surface area contributed by atoms with Crippen molar-refractivity contribution in [3.05, 3.63) is 47.8 Å². The van der Waals surface area contributed by atoms with Gasteiger partial charge in [0, 0.05) is 0 Å². The van der Waals surface area contributed by atoms with Gasteiger partial charge in [0.15, 0.2) is 0 Å². The second-order valence-electron chi connectivity index (χ2n) is 2.93. The fraction of sp³-hybridized carbons (Fsp3) is 0.273. The summed E-state index contributed by atoms with van der Waals surface area (Å²) in [6.45, 7) is 0.688. The maximum absolute atomic E-state index is 5.54. The first kappa shape index (κ1) is 7.41. The molecule has 2 aliphatic rings. The topological polar surface area (TPSA) is 9.23 Å². The van der Waals surface area contributed by atoms with E-state index >= 15 is 0 Å². The predicted molar refractivity (Wildman–Crippen MR) is 49.6 cm³/mol. The van der Waals surface area contributed by atoms with Crippen molar-refractivity contribution in [1.29, 1.82) is 0 Å². The largest absolute Gasteiger partial charge is 0.489 e. The standard InChI is InChI=1S/C11H12O/c1-2-6-10-7-3-4-8-11(10)12-9-5-1/h1-2,4-6,8H,3,7,9H2/b5-1-,6-2-. The summed E-state index contributed by atoms with van der Waals surface area (Å²) in [6.07, 6.45) is 14.7. The molecule has 1 heteroatoms. The Morgan fingerprint density at radius 3 is 3.08 bits per heavy atom. The molecule has 0 aromatic rings. The monoisotopic (exact) mass is 160 g/mol. The average molecular weight is 160 g/mol. The van der Waals surface area contributed by atoms with E-state index in [0.29, 0.717) is 6.61 Å². The summed E-state index contributed by atoms with van der Waals surface area (Å²) < 4.78 is 5.54. The second-order valence-corrected chi connectivity index (χ2v) is 2.93. The Morgan fingerprint density at radius 2 is 2.08 bits per heavy atom. The lowest BCUT2D eigenvalue weighted by Gasteiger charge is -2.14. The van der Waals surface area contributed by atoms with Crippen molar-refractivity contribution in [3.8, 4) is 0 Å². The summed E-state index contributed by atoms with van der Waals surface area (Å²) >= 11 is 0. The van der Waals surface area contributed by atoms with Gasteiger partial charge in [-0.05, 0) is 30.6 Å². The van der Waals surface area contributed by atoms with Gasteiger partial charge in [0.1, 0.15) is 12.4 Å². The Balaban J connectivity index is 2.29. The molecular formula is C11H12O. The first-order valence-electron chi connectivity index (χ1n) is 4.32. The van der Waals surface area contributed by atoms with Crippen molar-refractivity contribution in [2.45, 2.75) is 12.8 Å². The van der Waals surface area contributed by atoms with Gasteiger partial charge in [-0.2, -0.15) is 0 Å². The van der Waals surface area contributed by atoms with Crippen LogP contribution in [0.4, 0.5) is 0 Å². The molecular weight excluding hydrogens is 148 g/mol. The highest BCUT2D eigenvalue weighted by molar-refractivity contribution is 5.34. The zero-order chi connectivity index (χ0) is 8.23. The molecule has 0 saturated carbocycles. The van der Waals surface area contributed by atoms with Gasteiger partial charge in [0.2, 0.25) is 0 Å². The van der Waals surface area contributed by atoms with Crippen LogP contribution >= 0.6 is 0 Å². The van der Waals surface area contributed by atoms with Crippen LogP contribution in [-0.4, -0.2) is 6.61 Å². The van der Waals surface area contributed by atoms with Crippen molar-refractivity contribution in [2.24, 2.45) is 0 Å². The van der Waals surface area contributed by atoms with Crippen LogP contribution in [0.5, 0.6) is 0 Å². The minimum absolute atomic E-state index is 0.688. The lowest BCUT2D eigenvalue weighted by molar-refractivity contribution is 0.256. The van der Waals surface area contributed by atoms with Gasteiger partial charge in [0.25, 0.3) is 0 Å². The molecule has 0 spiro atoms. The van der Waals surface area contributed by atoms with E-state index in [1.165, 1.54) is 5.57 Å². The third-order valence-corrected chi connectivity index (χ3v) is 2.05. The average Bonchev–Trinajstić information content (AvgIpc) is 2.06. The van der Waals surface area contributed by atoms with E-state index in [1.54, 1.807) is 0 Å². The van der Waals surface area contributed by atoms with Crippen molar-refractivity contribution in [1.82, 2.24) is 0 Å². The van der Waals surface area contributed by atoms with Crippen LogP contribution in [-0.2, 0) is 4.74 Å². The smallest absolute Gasteiger partial charge is 0.122 e. The fourth-order valence-corrected chi connectivity index (χ4v) is 1.41. The minimum Gasteiger partial charge on any atom is -0.489 e. The Morgan fingerprint density at radius 1 is 1.08 bits per heavy atom. The lowest BCUT2D eigenvalue weighted by Crippen LogP contribution is -1.99. The van der Waals surface area contributed by atoms with Gasteiger partial charge < -0.3 is 4.74 Å².